The number of hydrogen-bond donors (Lipinski definition) is 4. The number of ether oxygens (including phenoxy) is 5. The van der Waals surface area contributed by atoms with Crippen molar-refractivity contribution in [2.45, 2.75) is 77.2 Å². The number of rotatable bonds is 28. The van der Waals surface area contributed by atoms with Crippen LogP contribution in [0.15, 0.2) is 41.6 Å². The molecule has 4 N–H and O–H groups in total. The summed E-state index contributed by atoms with van der Waals surface area (Å²) in [7, 11) is -3.96. The van der Waals surface area contributed by atoms with E-state index in [-0.39, 0.29) is 93.5 Å². The van der Waals surface area contributed by atoms with Crippen LogP contribution in [0.2, 0.25) is 0 Å². The van der Waals surface area contributed by atoms with E-state index in [2.05, 4.69) is 32.2 Å². The highest BCUT2D eigenvalue weighted by atomic mass is 32.2. The van der Waals surface area contributed by atoms with Gasteiger partial charge < -0.3 is 39.4 Å². The molecule has 2 rings (SSSR count). The van der Waals surface area contributed by atoms with E-state index in [0.717, 1.165) is 37.7 Å². The molecule has 1 aromatic carbocycles. The Labute approximate surface area is 323 Å². The average Bonchev–Trinajstić information content (AvgIpc) is 3.11. The fourth-order valence-corrected chi connectivity index (χ4v) is 5.93. The van der Waals surface area contributed by atoms with Crippen molar-refractivity contribution in [3.05, 3.63) is 47.8 Å². The van der Waals surface area contributed by atoms with Gasteiger partial charge in [-0.25, -0.2) is 27.9 Å². The molecule has 0 saturated carbocycles. The molecule has 18 heteroatoms. The second-order valence-corrected chi connectivity index (χ2v) is 15.6. The van der Waals surface area contributed by atoms with Crippen molar-refractivity contribution in [1.29, 1.82) is 0 Å². The Morgan fingerprint density at radius 2 is 1.38 bits per heavy atom. The molecule has 1 heterocycles. The van der Waals surface area contributed by atoms with Crippen LogP contribution in [0.3, 0.4) is 0 Å². The van der Waals surface area contributed by atoms with Crippen LogP contribution in [0.5, 0.6) is 0 Å². The third-order valence-electron chi connectivity index (χ3n) is 7.65. The molecule has 2 aromatic rings. The minimum atomic E-state index is -3.96. The smallest absolute Gasteiger partial charge is 0.329 e. The zero-order valence-electron chi connectivity index (χ0n) is 32.5. The molecule has 0 saturated heterocycles. The van der Waals surface area contributed by atoms with E-state index >= 15 is 0 Å². The molecule has 17 nitrogen and oxygen atoms in total. The molecule has 1 aromatic heterocycles. The van der Waals surface area contributed by atoms with Crippen molar-refractivity contribution in [1.82, 2.24) is 20.6 Å². The van der Waals surface area contributed by atoms with Gasteiger partial charge in [-0.2, -0.15) is 0 Å². The number of aliphatic carboxylic acids is 1. The zero-order chi connectivity index (χ0) is 40.7. The lowest BCUT2D eigenvalue weighted by Gasteiger charge is -2.23. The SMILES string of the molecule is CC(CCCCc1ccc(S(=O)(=O)Nc2ncc(C(=O)NCCOCCOCC(=O)NCCOCCOCC(=O)O)cn2)cc1)CC(C)C(=O)OC(C)(C)C. The summed E-state index contributed by atoms with van der Waals surface area (Å²) in [5.74, 6) is -1.98. The van der Waals surface area contributed by atoms with Crippen molar-refractivity contribution < 1.29 is 56.4 Å². The van der Waals surface area contributed by atoms with Crippen molar-refractivity contribution in [2.24, 2.45) is 11.8 Å². The van der Waals surface area contributed by atoms with Crippen LogP contribution in [-0.4, -0.2) is 119 Å². The predicted molar refractivity (Wildman–Crippen MR) is 202 cm³/mol. The van der Waals surface area contributed by atoms with Crippen LogP contribution in [-0.2, 0) is 54.5 Å². The summed E-state index contributed by atoms with van der Waals surface area (Å²) in [5, 5.41) is 13.7. The van der Waals surface area contributed by atoms with Crippen LogP contribution in [0.1, 0.15) is 76.2 Å². The van der Waals surface area contributed by atoms with Crippen molar-refractivity contribution in [2.75, 3.05) is 70.7 Å². The molecule has 0 radical (unpaired) electrons. The van der Waals surface area contributed by atoms with E-state index in [0.29, 0.717) is 5.92 Å². The number of aryl methyl sites for hydroxylation is 1. The van der Waals surface area contributed by atoms with Crippen LogP contribution in [0, 0.1) is 11.8 Å². The summed E-state index contributed by atoms with van der Waals surface area (Å²) >= 11 is 0. The Balaban J connectivity index is 1.59. The minimum Gasteiger partial charge on any atom is -0.480 e. The van der Waals surface area contributed by atoms with Gasteiger partial charge in [-0.3, -0.25) is 14.4 Å². The summed E-state index contributed by atoms with van der Waals surface area (Å²) in [4.78, 5) is 54.8. The van der Waals surface area contributed by atoms with E-state index in [9.17, 15) is 27.6 Å². The van der Waals surface area contributed by atoms with Gasteiger partial charge in [0.25, 0.3) is 15.9 Å². The number of nitrogens with one attached hydrogen (secondary N) is 3. The highest BCUT2D eigenvalue weighted by molar-refractivity contribution is 7.92. The number of anilines is 1. The van der Waals surface area contributed by atoms with Crippen LogP contribution in [0.25, 0.3) is 0 Å². The first kappa shape index (κ1) is 46.9. The maximum atomic E-state index is 12.9. The third kappa shape index (κ3) is 21.4. The lowest BCUT2D eigenvalue weighted by Crippen LogP contribution is -2.31. The molecule has 0 aliphatic carbocycles. The molecule has 2 atom stereocenters. The molecule has 55 heavy (non-hydrogen) atoms. The Morgan fingerprint density at radius 3 is 1.98 bits per heavy atom. The number of hydrogen-bond acceptors (Lipinski definition) is 13. The lowest BCUT2D eigenvalue weighted by atomic mass is 9.92. The summed E-state index contributed by atoms with van der Waals surface area (Å²) in [5.41, 5.74) is 0.652. The number of carboxylic acids is 1. The van der Waals surface area contributed by atoms with Gasteiger partial charge in [0.2, 0.25) is 11.9 Å². The number of nitrogens with zero attached hydrogens (tertiary/aromatic N) is 2. The Kier molecular flexibility index (Phi) is 21.4. The van der Waals surface area contributed by atoms with E-state index in [1.807, 2.05) is 27.7 Å². The van der Waals surface area contributed by atoms with Gasteiger partial charge in [0.1, 0.15) is 18.8 Å². The molecular formula is C37H57N5O12S. The summed E-state index contributed by atoms with van der Waals surface area (Å²) < 4.78 is 54.3. The second-order valence-electron chi connectivity index (χ2n) is 13.9. The number of esters is 1. The Morgan fingerprint density at radius 1 is 0.800 bits per heavy atom. The fraction of sp³-hybridized carbons (Fsp3) is 0.622. The largest absolute Gasteiger partial charge is 0.480 e. The number of aromatic nitrogens is 2. The van der Waals surface area contributed by atoms with E-state index in [4.69, 9.17) is 28.8 Å². The van der Waals surface area contributed by atoms with E-state index in [1.54, 1.807) is 12.1 Å². The van der Waals surface area contributed by atoms with Gasteiger partial charge in [0.05, 0.1) is 56.0 Å². The fourth-order valence-electron chi connectivity index (χ4n) is 4.97. The molecule has 0 bridgehead atoms. The number of amides is 2. The molecule has 0 aliphatic rings. The number of carboxylic acid groups (broad SMARTS) is 1. The number of benzene rings is 1. The first-order valence-electron chi connectivity index (χ1n) is 18.3. The summed E-state index contributed by atoms with van der Waals surface area (Å²) in [6, 6.07) is 6.62. The van der Waals surface area contributed by atoms with Crippen molar-refractivity contribution in [3.63, 3.8) is 0 Å². The first-order chi connectivity index (χ1) is 26.1. The highest BCUT2D eigenvalue weighted by Crippen LogP contribution is 2.22. The van der Waals surface area contributed by atoms with Crippen LogP contribution in [0.4, 0.5) is 5.95 Å². The van der Waals surface area contributed by atoms with E-state index in [1.165, 1.54) is 24.5 Å². The number of carbonyl (C=O) groups is 4. The first-order valence-corrected chi connectivity index (χ1v) is 19.8. The normalized spacial score (nSPS) is 12.7. The maximum absolute atomic E-state index is 12.9. The minimum absolute atomic E-state index is 0.0566. The van der Waals surface area contributed by atoms with Crippen LogP contribution >= 0.6 is 0 Å². The molecule has 2 unspecified atom stereocenters. The predicted octanol–water partition coefficient (Wildman–Crippen LogP) is 2.99. The van der Waals surface area contributed by atoms with Gasteiger partial charge in [-0.1, -0.05) is 38.8 Å². The molecule has 308 valence electrons. The van der Waals surface area contributed by atoms with Crippen molar-refractivity contribution in [3.8, 4) is 0 Å². The number of carbonyl (C=O) groups excluding carboxylic acids is 3. The summed E-state index contributed by atoms with van der Waals surface area (Å²) in [6.45, 7) is 10.7. The monoisotopic (exact) mass is 795 g/mol. The topological polar surface area (TPSA) is 231 Å². The molecule has 0 fully saturated rings. The zero-order valence-corrected chi connectivity index (χ0v) is 33.3. The van der Waals surface area contributed by atoms with Gasteiger partial charge in [-0.15, -0.1) is 0 Å². The third-order valence-corrected chi connectivity index (χ3v) is 9.00. The lowest BCUT2D eigenvalue weighted by molar-refractivity contribution is -0.160. The molecule has 0 aliphatic heterocycles. The molecule has 2 amide bonds. The number of unbranched alkanes of at least 4 members (excludes halogenated alkanes) is 1. The second kappa shape index (κ2) is 25.0. The molecule has 0 spiro atoms. The van der Waals surface area contributed by atoms with Gasteiger partial charge >= 0.3 is 11.9 Å². The Hall–Kier alpha value is -4.23. The van der Waals surface area contributed by atoms with Crippen molar-refractivity contribution >= 4 is 39.7 Å². The summed E-state index contributed by atoms with van der Waals surface area (Å²) in [6.07, 6.45) is 6.90. The number of sulfonamides is 1. The van der Waals surface area contributed by atoms with Gasteiger partial charge in [0.15, 0.2) is 0 Å². The maximum Gasteiger partial charge on any atom is 0.329 e. The van der Waals surface area contributed by atoms with Gasteiger partial charge in [-0.05, 0) is 63.6 Å². The van der Waals surface area contributed by atoms with Crippen LogP contribution < -0.4 is 15.4 Å². The quantitative estimate of drug-likeness (QED) is 0.0717. The standard InChI is InChI=1S/C37H57N5O12S/c1-27(22-28(2)35(47)54-37(3,4)5)8-6-7-9-29-10-12-31(13-11-29)55(48,49)42-36-40-23-30(24-41-36)34(46)39-15-17-51-18-20-52-25-32(43)38-14-16-50-19-21-53-26-33(44)45/h10-13,23-24,27-28H,6-9,14-22,25-26H2,1-5H3,(H,38,43)(H,39,46)(H,44,45)(H,40,41,42). The highest BCUT2D eigenvalue weighted by Gasteiger charge is 2.23. The van der Waals surface area contributed by atoms with E-state index < -0.39 is 34.1 Å². The van der Waals surface area contributed by atoms with Gasteiger partial charge in [0, 0.05) is 25.5 Å². The molecular weight excluding hydrogens is 738 g/mol. The average molecular weight is 796 g/mol. The Bertz CT molecular complexity index is 1570.